The molecule has 29 heavy (non-hydrogen) atoms. The SMILES string of the molecule is CCOC(=O)[C@H]1O[C@@H]1C(=O)N[C@@H](CSCc1ccccc1)C(=O)NCC(C)CC. The first-order chi connectivity index (χ1) is 14.0. The van der Waals surface area contributed by atoms with E-state index in [1.165, 1.54) is 0 Å². The lowest BCUT2D eigenvalue weighted by atomic mass is 10.1. The lowest BCUT2D eigenvalue weighted by Gasteiger charge is -2.19. The van der Waals surface area contributed by atoms with Gasteiger partial charge in [0.25, 0.3) is 5.91 Å². The van der Waals surface area contributed by atoms with Gasteiger partial charge >= 0.3 is 5.97 Å². The zero-order valence-corrected chi connectivity index (χ0v) is 18.0. The van der Waals surface area contributed by atoms with Gasteiger partial charge in [-0.3, -0.25) is 9.59 Å². The molecular formula is C21H30N2O5S. The molecule has 1 saturated heterocycles. The molecule has 2 N–H and O–H groups in total. The molecule has 1 heterocycles. The molecule has 1 fully saturated rings. The van der Waals surface area contributed by atoms with Crippen LogP contribution in [-0.4, -0.2) is 54.9 Å². The summed E-state index contributed by atoms with van der Waals surface area (Å²) in [6, 6.07) is 9.22. The number of esters is 1. The monoisotopic (exact) mass is 422 g/mol. The van der Waals surface area contributed by atoms with Crippen LogP contribution in [0.25, 0.3) is 0 Å². The van der Waals surface area contributed by atoms with Crippen LogP contribution in [0, 0.1) is 5.92 Å². The van der Waals surface area contributed by atoms with Gasteiger partial charge in [-0.15, -0.1) is 0 Å². The number of thioether (sulfide) groups is 1. The Morgan fingerprint density at radius 1 is 1.17 bits per heavy atom. The van der Waals surface area contributed by atoms with Crippen LogP contribution >= 0.6 is 11.8 Å². The Labute approximate surface area is 176 Å². The molecule has 0 aromatic heterocycles. The summed E-state index contributed by atoms with van der Waals surface area (Å²) in [6.07, 6.45) is -0.814. The zero-order valence-electron chi connectivity index (χ0n) is 17.2. The van der Waals surface area contributed by atoms with Crippen LogP contribution < -0.4 is 10.6 Å². The fraction of sp³-hybridized carbons (Fsp3) is 0.571. The Morgan fingerprint density at radius 2 is 1.90 bits per heavy atom. The van der Waals surface area contributed by atoms with E-state index in [4.69, 9.17) is 9.47 Å². The second kappa shape index (κ2) is 11.8. The molecule has 1 aliphatic rings. The summed E-state index contributed by atoms with van der Waals surface area (Å²) in [7, 11) is 0. The van der Waals surface area contributed by atoms with Gasteiger partial charge in [0.1, 0.15) is 6.04 Å². The van der Waals surface area contributed by atoms with Gasteiger partial charge in [-0.25, -0.2) is 4.79 Å². The van der Waals surface area contributed by atoms with Gasteiger partial charge in [-0.05, 0) is 18.4 Å². The number of nitrogens with one attached hydrogen (secondary N) is 2. The predicted molar refractivity (Wildman–Crippen MR) is 112 cm³/mol. The van der Waals surface area contributed by atoms with Crippen LogP contribution in [0.4, 0.5) is 0 Å². The summed E-state index contributed by atoms with van der Waals surface area (Å²) in [5.41, 5.74) is 1.15. The third-order valence-corrected chi connectivity index (χ3v) is 5.73. The van der Waals surface area contributed by atoms with Crippen molar-refractivity contribution in [2.24, 2.45) is 5.92 Å². The van der Waals surface area contributed by atoms with Gasteiger partial charge < -0.3 is 20.1 Å². The number of benzene rings is 1. The molecule has 0 spiro atoms. The zero-order chi connectivity index (χ0) is 21.2. The minimum absolute atomic E-state index is 0.226. The van der Waals surface area contributed by atoms with Crippen molar-refractivity contribution < 1.29 is 23.9 Å². The van der Waals surface area contributed by atoms with Crippen molar-refractivity contribution in [3.8, 4) is 0 Å². The van der Waals surface area contributed by atoms with Crippen molar-refractivity contribution in [3.05, 3.63) is 35.9 Å². The fourth-order valence-corrected chi connectivity index (χ4v) is 3.58. The van der Waals surface area contributed by atoms with Crippen LogP contribution in [0.5, 0.6) is 0 Å². The van der Waals surface area contributed by atoms with Crippen LogP contribution in [0.1, 0.15) is 32.8 Å². The third kappa shape index (κ3) is 7.70. The topological polar surface area (TPSA) is 97.0 Å². The summed E-state index contributed by atoms with van der Waals surface area (Å²) in [5.74, 6) is 0.261. The summed E-state index contributed by atoms with van der Waals surface area (Å²) in [5, 5.41) is 5.63. The minimum atomic E-state index is -0.891. The van der Waals surface area contributed by atoms with E-state index in [0.29, 0.717) is 18.2 Å². The van der Waals surface area contributed by atoms with Crippen LogP contribution in [0.2, 0.25) is 0 Å². The highest BCUT2D eigenvalue weighted by Gasteiger charge is 2.52. The van der Waals surface area contributed by atoms with Gasteiger partial charge in [0.05, 0.1) is 6.61 Å². The quantitative estimate of drug-likeness (QED) is 0.394. The summed E-state index contributed by atoms with van der Waals surface area (Å²) < 4.78 is 10.0. The van der Waals surface area contributed by atoms with E-state index in [-0.39, 0.29) is 12.5 Å². The highest BCUT2D eigenvalue weighted by atomic mass is 32.2. The lowest BCUT2D eigenvalue weighted by Crippen LogP contribution is -2.50. The Balaban J connectivity index is 1.90. The van der Waals surface area contributed by atoms with Crippen LogP contribution in [-0.2, 0) is 29.6 Å². The molecular weight excluding hydrogens is 392 g/mol. The molecule has 160 valence electrons. The molecule has 1 aromatic rings. The number of rotatable bonds is 12. The molecule has 2 rings (SSSR count). The normalized spacial score (nSPS) is 19.7. The van der Waals surface area contributed by atoms with Gasteiger partial charge in [0.15, 0.2) is 12.2 Å². The molecule has 1 aromatic carbocycles. The number of epoxide rings is 1. The second-order valence-corrected chi connectivity index (χ2v) is 8.08. The highest BCUT2D eigenvalue weighted by molar-refractivity contribution is 7.98. The predicted octanol–water partition coefficient (Wildman–Crippen LogP) is 1.90. The van der Waals surface area contributed by atoms with Gasteiger partial charge in [0.2, 0.25) is 5.91 Å². The molecule has 1 aliphatic heterocycles. The Kier molecular flexibility index (Phi) is 9.47. The first kappa shape index (κ1) is 23.2. The second-order valence-electron chi connectivity index (χ2n) is 7.05. The number of hydrogen-bond acceptors (Lipinski definition) is 6. The summed E-state index contributed by atoms with van der Waals surface area (Å²) in [6.45, 7) is 6.59. The van der Waals surface area contributed by atoms with Crippen molar-refractivity contribution >= 4 is 29.5 Å². The highest BCUT2D eigenvalue weighted by Crippen LogP contribution is 2.24. The molecule has 0 aliphatic carbocycles. The maximum Gasteiger partial charge on any atom is 0.338 e. The third-order valence-electron chi connectivity index (χ3n) is 4.62. The smallest absolute Gasteiger partial charge is 0.338 e. The molecule has 0 bridgehead atoms. The maximum atomic E-state index is 12.6. The number of hydrogen-bond donors (Lipinski definition) is 2. The average molecular weight is 423 g/mol. The fourth-order valence-electron chi connectivity index (χ4n) is 2.56. The molecule has 7 nitrogen and oxygen atoms in total. The number of amides is 2. The van der Waals surface area contributed by atoms with Gasteiger partial charge in [0, 0.05) is 18.1 Å². The summed E-state index contributed by atoms with van der Waals surface area (Å²) in [4.78, 5) is 36.7. The van der Waals surface area contributed by atoms with E-state index in [0.717, 1.165) is 17.7 Å². The first-order valence-electron chi connectivity index (χ1n) is 9.98. The van der Waals surface area contributed by atoms with Crippen molar-refractivity contribution in [3.63, 3.8) is 0 Å². The summed E-state index contributed by atoms with van der Waals surface area (Å²) >= 11 is 1.56. The molecule has 0 radical (unpaired) electrons. The van der Waals surface area contributed by atoms with E-state index < -0.39 is 30.1 Å². The lowest BCUT2D eigenvalue weighted by molar-refractivity contribution is -0.144. The van der Waals surface area contributed by atoms with E-state index in [9.17, 15) is 14.4 Å². The van der Waals surface area contributed by atoms with Crippen molar-refractivity contribution in [2.75, 3.05) is 18.9 Å². The Morgan fingerprint density at radius 3 is 2.55 bits per heavy atom. The number of carbonyl (C=O) groups excluding carboxylic acids is 3. The van der Waals surface area contributed by atoms with Crippen molar-refractivity contribution in [1.82, 2.24) is 10.6 Å². The number of ether oxygens (including phenoxy) is 2. The van der Waals surface area contributed by atoms with Crippen LogP contribution in [0.3, 0.4) is 0 Å². The molecule has 0 saturated carbocycles. The van der Waals surface area contributed by atoms with Crippen LogP contribution in [0.15, 0.2) is 30.3 Å². The van der Waals surface area contributed by atoms with E-state index in [1.54, 1.807) is 18.7 Å². The van der Waals surface area contributed by atoms with E-state index in [2.05, 4.69) is 24.5 Å². The minimum Gasteiger partial charge on any atom is -0.464 e. The Bertz CT molecular complexity index is 685. The molecule has 1 unspecified atom stereocenters. The molecule has 2 amide bonds. The van der Waals surface area contributed by atoms with E-state index >= 15 is 0 Å². The standard InChI is InChI=1S/C21H30N2O5S/c1-4-14(3)11-22-19(24)16(13-29-12-15-9-7-6-8-10-15)23-20(25)17-18(28-17)21(26)27-5-2/h6-10,14,16-18H,4-5,11-13H2,1-3H3,(H,22,24)(H,23,25)/t14?,16-,17-,18-/m0/s1. The molecule has 4 atom stereocenters. The van der Waals surface area contributed by atoms with Crippen molar-refractivity contribution in [1.29, 1.82) is 0 Å². The van der Waals surface area contributed by atoms with Crippen molar-refractivity contribution in [2.45, 2.75) is 51.2 Å². The van der Waals surface area contributed by atoms with E-state index in [1.807, 2.05) is 30.3 Å². The van der Waals surface area contributed by atoms with Gasteiger partial charge in [-0.2, -0.15) is 11.8 Å². The average Bonchev–Trinajstić information content (AvgIpc) is 3.53. The maximum absolute atomic E-state index is 12.6. The number of carbonyl (C=O) groups is 3. The largest absolute Gasteiger partial charge is 0.464 e. The Hall–Kier alpha value is -2.06. The molecule has 8 heteroatoms. The van der Waals surface area contributed by atoms with Gasteiger partial charge in [-0.1, -0.05) is 50.6 Å². The first-order valence-corrected chi connectivity index (χ1v) is 11.1.